The summed E-state index contributed by atoms with van der Waals surface area (Å²) in [6, 6.07) is 7.25. The van der Waals surface area contributed by atoms with Crippen molar-refractivity contribution in [3.05, 3.63) is 24.3 Å². The van der Waals surface area contributed by atoms with Crippen LogP contribution in [-0.2, 0) is 4.79 Å². The highest BCUT2D eigenvalue weighted by Crippen LogP contribution is 2.24. The SMILES string of the molecule is CCC(=O)Nc1cccc(NC(=O)N[C@H]2CCCC[C@H]2C)c1. The Balaban J connectivity index is 1.90. The number of carbonyl (C=O) groups is 2. The van der Waals surface area contributed by atoms with Crippen LogP contribution in [0.5, 0.6) is 0 Å². The van der Waals surface area contributed by atoms with Crippen LogP contribution < -0.4 is 16.0 Å². The van der Waals surface area contributed by atoms with Crippen molar-refractivity contribution in [2.24, 2.45) is 5.92 Å². The van der Waals surface area contributed by atoms with E-state index in [0.29, 0.717) is 23.7 Å². The summed E-state index contributed by atoms with van der Waals surface area (Å²) in [4.78, 5) is 23.5. The highest BCUT2D eigenvalue weighted by molar-refractivity contribution is 5.93. The number of hydrogen-bond donors (Lipinski definition) is 3. The third kappa shape index (κ3) is 4.76. The van der Waals surface area contributed by atoms with E-state index in [1.54, 1.807) is 19.1 Å². The zero-order valence-corrected chi connectivity index (χ0v) is 13.3. The number of hydrogen-bond acceptors (Lipinski definition) is 2. The maximum absolute atomic E-state index is 12.1. The van der Waals surface area contributed by atoms with E-state index in [0.717, 1.165) is 6.42 Å². The average Bonchev–Trinajstić information content (AvgIpc) is 2.50. The maximum atomic E-state index is 12.1. The van der Waals surface area contributed by atoms with Crippen molar-refractivity contribution in [1.29, 1.82) is 0 Å². The molecular weight excluding hydrogens is 278 g/mol. The van der Waals surface area contributed by atoms with Gasteiger partial charge in [-0.2, -0.15) is 0 Å². The Bertz CT molecular complexity index is 530. The Kier molecular flexibility index (Phi) is 5.81. The second kappa shape index (κ2) is 7.82. The molecule has 1 aliphatic rings. The van der Waals surface area contributed by atoms with Crippen LogP contribution in [-0.4, -0.2) is 18.0 Å². The summed E-state index contributed by atoms with van der Waals surface area (Å²) < 4.78 is 0. The topological polar surface area (TPSA) is 70.2 Å². The van der Waals surface area contributed by atoms with Crippen molar-refractivity contribution in [2.45, 2.75) is 52.0 Å². The third-order valence-electron chi connectivity index (χ3n) is 4.15. The van der Waals surface area contributed by atoms with E-state index in [1.165, 1.54) is 19.3 Å². The van der Waals surface area contributed by atoms with Crippen molar-refractivity contribution in [2.75, 3.05) is 10.6 Å². The largest absolute Gasteiger partial charge is 0.335 e. The van der Waals surface area contributed by atoms with Gasteiger partial charge in [-0.3, -0.25) is 4.79 Å². The fourth-order valence-corrected chi connectivity index (χ4v) is 2.79. The quantitative estimate of drug-likeness (QED) is 0.793. The highest BCUT2D eigenvalue weighted by atomic mass is 16.2. The zero-order valence-electron chi connectivity index (χ0n) is 13.3. The molecule has 120 valence electrons. The Morgan fingerprint density at radius 1 is 1.14 bits per heavy atom. The summed E-state index contributed by atoms with van der Waals surface area (Å²) >= 11 is 0. The molecule has 5 nitrogen and oxygen atoms in total. The molecule has 5 heteroatoms. The first-order valence-electron chi connectivity index (χ1n) is 8.06. The second-order valence-electron chi connectivity index (χ2n) is 5.95. The molecule has 0 aliphatic heterocycles. The van der Waals surface area contributed by atoms with Gasteiger partial charge in [0.15, 0.2) is 0 Å². The van der Waals surface area contributed by atoms with Crippen LogP contribution in [0.25, 0.3) is 0 Å². The summed E-state index contributed by atoms with van der Waals surface area (Å²) in [6.07, 6.45) is 5.07. The van der Waals surface area contributed by atoms with Gasteiger partial charge in [-0.1, -0.05) is 32.8 Å². The van der Waals surface area contributed by atoms with Gasteiger partial charge >= 0.3 is 6.03 Å². The smallest absolute Gasteiger partial charge is 0.319 e. The lowest BCUT2D eigenvalue weighted by atomic mass is 9.86. The Labute approximate surface area is 131 Å². The molecule has 1 fully saturated rings. The molecular formula is C17H25N3O2. The first kappa shape index (κ1) is 16.3. The molecule has 0 saturated heterocycles. The molecule has 1 aliphatic carbocycles. The molecule has 3 amide bonds. The number of anilines is 2. The van der Waals surface area contributed by atoms with Gasteiger partial charge in [0.2, 0.25) is 5.91 Å². The first-order chi connectivity index (χ1) is 10.6. The van der Waals surface area contributed by atoms with Gasteiger partial charge in [0, 0.05) is 23.8 Å². The maximum Gasteiger partial charge on any atom is 0.319 e. The number of rotatable bonds is 4. The van der Waals surface area contributed by atoms with Gasteiger partial charge in [-0.15, -0.1) is 0 Å². The molecule has 2 atom stereocenters. The predicted molar refractivity (Wildman–Crippen MR) is 88.9 cm³/mol. The van der Waals surface area contributed by atoms with Gasteiger partial charge < -0.3 is 16.0 Å². The molecule has 2 rings (SSSR count). The number of amides is 3. The van der Waals surface area contributed by atoms with Crippen LogP contribution in [0.3, 0.4) is 0 Å². The summed E-state index contributed by atoms with van der Waals surface area (Å²) in [5.41, 5.74) is 1.37. The van der Waals surface area contributed by atoms with E-state index in [2.05, 4.69) is 22.9 Å². The monoisotopic (exact) mass is 303 g/mol. The minimum atomic E-state index is -0.183. The molecule has 0 unspecified atom stereocenters. The van der Waals surface area contributed by atoms with Crippen LogP contribution in [0, 0.1) is 5.92 Å². The van der Waals surface area contributed by atoms with Gasteiger partial charge in [-0.25, -0.2) is 4.79 Å². The van der Waals surface area contributed by atoms with Crippen molar-refractivity contribution < 1.29 is 9.59 Å². The fraction of sp³-hybridized carbons (Fsp3) is 0.529. The Morgan fingerprint density at radius 2 is 1.82 bits per heavy atom. The molecule has 0 bridgehead atoms. The average molecular weight is 303 g/mol. The Morgan fingerprint density at radius 3 is 2.50 bits per heavy atom. The van der Waals surface area contributed by atoms with E-state index < -0.39 is 0 Å². The predicted octanol–water partition coefficient (Wildman–Crippen LogP) is 3.74. The van der Waals surface area contributed by atoms with Gasteiger partial charge in [-0.05, 0) is 37.0 Å². The van der Waals surface area contributed by atoms with E-state index in [4.69, 9.17) is 0 Å². The molecule has 1 aromatic carbocycles. The number of nitrogens with one attached hydrogen (secondary N) is 3. The molecule has 1 saturated carbocycles. The molecule has 3 N–H and O–H groups in total. The number of carbonyl (C=O) groups excluding carboxylic acids is 2. The first-order valence-corrected chi connectivity index (χ1v) is 8.06. The zero-order chi connectivity index (χ0) is 15.9. The van der Waals surface area contributed by atoms with Crippen molar-refractivity contribution >= 4 is 23.3 Å². The molecule has 1 aromatic rings. The molecule has 0 radical (unpaired) electrons. The van der Waals surface area contributed by atoms with Crippen LogP contribution in [0.1, 0.15) is 46.0 Å². The summed E-state index contributed by atoms with van der Waals surface area (Å²) in [6.45, 7) is 3.99. The van der Waals surface area contributed by atoms with Crippen molar-refractivity contribution in [1.82, 2.24) is 5.32 Å². The van der Waals surface area contributed by atoms with E-state index >= 15 is 0 Å². The van der Waals surface area contributed by atoms with Crippen LogP contribution in [0.4, 0.5) is 16.2 Å². The van der Waals surface area contributed by atoms with Crippen LogP contribution in [0.15, 0.2) is 24.3 Å². The minimum Gasteiger partial charge on any atom is -0.335 e. The summed E-state index contributed by atoms with van der Waals surface area (Å²) in [5, 5.41) is 8.67. The standard InChI is InChI=1S/C17H25N3O2/c1-3-16(21)18-13-8-6-9-14(11-13)19-17(22)20-15-10-5-4-7-12(15)2/h6,8-9,11-12,15H,3-5,7,10H2,1-2H3,(H,18,21)(H2,19,20,22)/t12-,15+/m1/s1. The fourth-order valence-electron chi connectivity index (χ4n) is 2.79. The van der Waals surface area contributed by atoms with Crippen LogP contribution in [0.2, 0.25) is 0 Å². The van der Waals surface area contributed by atoms with Gasteiger partial charge in [0.25, 0.3) is 0 Å². The lowest BCUT2D eigenvalue weighted by molar-refractivity contribution is -0.115. The van der Waals surface area contributed by atoms with E-state index in [-0.39, 0.29) is 18.0 Å². The number of benzene rings is 1. The Hall–Kier alpha value is -2.04. The third-order valence-corrected chi connectivity index (χ3v) is 4.15. The van der Waals surface area contributed by atoms with E-state index in [1.807, 2.05) is 12.1 Å². The minimum absolute atomic E-state index is 0.0439. The second-order valence-corrected chi connectivity index (χ2v) is 5.95. The highest BCUT2D eigenvalue weighted by Gasteiger charge is 2.22. The van der Waals surface area contributed by atoms with Gasteiger partial charge in [0.1, 0.15) is 0 Å². The lowest BCUT2D eigenvalue weighted by Crippen LogP contribution is -2.43. The number of urea groups is 1. The van der Waals surface area contributed by atoms with Crippen LogP contribution >= 0.6 is 0 Å². The summed E-state index contributed by atoms with van der Waals surface area (Å²) in [5.74, 6) is 0.479. The molecule has 0 heterocycles. The van der Waals surface area contributed by atoms with Crippen molar-refractivity contribution in [3.8, 4) is 0 Å². The summed E-state index contributed by atoms with van der Waals surface area (Å²) in [7, 11) is 0. The normalized spacial score (nSPS) is 21.0. The van der Waals surface area contributed by atoms with Gasteiger partial charge in [0.05, 0.1) is 0 Å². The van der Waals surface area contributed by atoms with E-state index in [9.17, 15) is 9.59 Å². The molecule has 0 spiro atoms. The van der Waals surface area contributed by atoms with Crippen molar-refractivity contribution in [3.63, 3.8) is 0 Å². The molecule has 0 aromatic heterocycles. The lowest BCUT2D eigenvalue weighted by Gasteiger charge is -2.29. The molecule has 22 heavy (non-hydrogen) atoms.